The Morgan fingerprint density at radius 1 is 1.00 bits per heavy atom. The van der Waals surface area contributed by atoms with Crippen LogP contribution >= 0.6 is 0 Å². The number of amides is 2. The number of aliphatic hydroxyl groups excluding tert-OH is 1. The summed E-state index contributed by atoms with van der Waals surface area (Å²) >= 11 is 0. The second-order valence-corrected chi connectivity index (χ2v) is 5.96. The topological polar surface area (TPSA) is 179 Å². The standard InChI is InChI=1S/C14H25N3O7/c1-6(2)4-8(15)12(21)17-11(7(3)18)13(22)16-9(14(23)24)5-10(19)20/h6-9,11,18H,4-5,15H2,1-3H3,(H,16,22)(H,17,21)(H,19,20)(H,23,24). The van der Waals surface area contributed by atoms with Gasteiger partial charge in [-0.05, 0) is 19.3 Å². The molecule has 0 aromatic rings. The van der Waals surface area contributed by atoms with E-state index in [0.29, 0.717) is 6.42 Å². The number of rotatable bonds is 10. The lowest BCUT2D eigenvalue weighted by atomic mass is 10.0. The molecule has 0 aliphatic rings. The number of carboxylic acid groups (broad SMARTS) is 2. The SMILES string of the molecule is CC(C)CC(N)C(=O)NC(C(=O)NC(CC(=O)O)C(=O)O)C(C)O. The molecule has 0 aromatic carbocycles. The molecule has 0 spiro atoms. The Morgan fingerprint density at radius 3 is 1.92 bits per heavy atom. The van der Waals surface area contributed by atoms with Crippen molar-refractivity contribution in [1.29, 1.82) is 0 Å². The molecular formula is C14H25N3O7. The third-order valence-corrected chi connectivity index (χ3v) is 3.12. The number of nitrogens with one attached hydrogen (secondary N) is 2. The van der Waals surface area contributed by atoms with Crippen LogP contribution in [0.3, 0.4) is 0 Å². The molecule has 0 aromatic heterocycles. The zero-order valence-corrected chi connectivity index (χ0v) is 13.9. The molecule has 4 unspecified atom stereocenters. The minimum Gasteiger partial charge on any atom is -0.481 e. The molecule has 0 saturated carbocycles. The largest absolute Gasteiger partial charge is 0.481 e. The Kier molecular flexibility index (Phi) is 8.93. The summed E-state index contributed by atoms with van der Waals surface area (Å²) in [7, 11) is 0. The van der Waals surface area contributed by atoms with E-state index in [1.54, 1.807) is 0 Å². The number of carbonyl (C=O) groups is 4. The van der Waals surface area contributed by atoms with Crippen molar-refractivity contribution in [2.75, 3.05) is 0 Å². The molecule has 7 N–H and O–H groups in total. The van der Waals surface area contributed by atoms with Crippen LogP contribution in [-0.2, 0) is 19.2 Å². The van der Waals surface area contributed by atoms with Crippen LogP contribution in [0.2, 0.25) is 0 Å². The highest BCUT2D eigenvalue weighted by molar-refractivity contribution is 5.93. The number of nitrogens with two attached hydrogens (primary N) is 1. The van der Waals surface area contributed by atoms with E-state index >= 15 is 0 Å². The molecule has 2 amide bonds. The van der Waals surface area contributed by atoms with E-state index in [2.05, 4.69) is 5.32 Å². The van der Waals surface area contributed by atoms with Gasteiger partial charge in [-0.1, -0.05) is 13.8 Å². The Bertz CT molecular complexity index is 479. The summed E-state index contributed by atoms with van der Waals surface area (Å²) in [5.41, 5.74) is 5.68. The van der Waals surface area contributed by atoms with Crippen molar-refractivity contribution < 1.29 is 34.5 Å². The third kappa shape index (κ3) is 7.88. The minimum absolute atomic E-state index is 0.136. The van der Waals surface area contributed by atoms with Crippen LogP contribution in [0.25, 0.3) is 0 Å². The number of carbonyl (C=O) groups excluding carboxylic acids is 2. The lowest BCUT2D eigenvalue weighted by Crippen LogP contribution is -2.58. The molecular weight excluding hydrogens is 322 g/mol. The van der Waals surface area contributed by atoms with E-state index < -0.39 is 54.4 Å². The van der Waals surface area contributed by atoms with Gasteiger partial charge in [0.2, 0.25) is 11.8 Å². The number of aliphatic carboxylic acids is 2. The fourth-order valence-electron chi connectivity index (χ4n) is 1.92. The average molecular weight is 347 g/mol. The van der Waals surface area contributed by atoms with Crippen LogP contribution in [0.1, 0.15) is 33.6 Å². The minimum atomic E-state index is -1.68. The lowest BCUT2D eigenvalue weighted by molar-refractivity contribution is -0.147. The average Bonchev–Trinajstić information content (AvgIpc) is 2.41. The van der Waals surface area contributed by atoms with E-state index in [9.17, 15) is 24.3 Å². The third-order valence-electron chi connectivity index (χ3n) is 3.12. The summed E-state index contributed by atoms with van der Waals surface area (Å²) in [6.45, 7) is 4.94. The normalized spacial score (nSPS) is 15.9. The second-order valence-electron chi connectivity index (χ2n) is 5.96. The Morgan fingerprint density at radius 2 is 1.54 bits per heavy atom. The molecule has 138 valence electrons. The highest BCUT2D eigenvalue weighted by Gasteiger charge is 2.31. The van der Waals surface area contributed by atoms with Crippen molar-refractivity contribution in [2.45, 2.75) is 57.8 Å². The van der Waals surface area contributed by atoms with Gasteiger partial charge in [0.15, 0.2) is 0 Å². The number of hydrogen-bond acceptors (Lipinski definition) is 6. The number of aliphatic hydroxyl groups is 1. The zero-order chi connectivity index (χ0) is 19.0. The summed E-state index contributed by atoms with van der Waals surface area (Å²) in [5, 5.41) is 31.4. The second kappa shape index (κ2) is 9.83. The zero-order valence-electron chi connectivity index (χ0n) is 13.9. The maximum atomic E-state index is 12.1. The van der Waals surface area contributed by atoms with E-state index in [0.717, 1.165) is 0 Å². The Labute approximate surface area is 139 Å². The van der Waals surface area contributed by atoms with E-state index in [4.69, 9.17) is 15.9 Å². The van der Waals surface area contributed by atoms with Crippen molar-refractivity contribution >= 4 is 23.8 Å². The van der Waals surface area contributed by atoms with Crippen LogP contribution in [0.5, 0.6) is 0 Å². The predicted octanol–water partition coefficient (Wildman–Crippen LogP) is -1.73. The lowest BCUT2D eigenvalue weighted by Gasteiger charge is -2.24. The van der Waals surface area contributed by atoms with Gasteiger partial charge < -0.3 is 31.7 Å². The first-order chi connectivity index (χ1) is 11.0. The molecule has 0 saturated heterocycles. The summed E-state index contributed by atoms with van der Waals surface area (Å²) in [6, 6.07) is -4.03. The molecule has 0 rings (SSSR count). The first-order valence-electron chi connectivity index (χ1n) is 7.44. The summed E-state index contributed by atoms with van der Waals surface area (Å²) in [5.74, 6) is -4.51. The van der Waals surface area contributed by atoms with Gasteiger partial charge in [-0.15, -0.1) is 0 Å². The number of hydrogen-bond donors (Lipinski definition) is 6. The van der Waals surface area contributed by atoms with Gasteiger partial charge in [-0.25, -0.2) is 4.79 Å². The van der Waals surface area contributed by atoms with Gasteiger partial charge >= 0.3 is 11.9 Å². The smallest absolute Gasteiger partial charge is 0.326 e. The van der Waals surface area contributed by atoms with E-state index in [1.165, 1.54) is 6.92 Å². The highest BCUT2D eigenvalue weighted by atomic mass is 16.4. The quantitative estimate of drug-likeness (QED) is 0.270. The predicted molar refractivity (Wildman–Crippen MR) is 82.9 cm³/mol. The van der Waals surface area contributed by atoms with Gasteiger partial charge in [0.25, 0.3) is 0 Å². The van der Waals surface area contributed by atoms with E-state index in [-0.39, 0.29) is 5.92 Å². The van der Waals surface area contributed by atoms with Crippen LogP contribution in [0.4, 0.5) is 0 Å². The van der Waals surface area contributed by atoms with Crippen molar-refractivity contribution in [2.24, 2.45) is 11.7 Å². The molecule has 0 heterocycles. The Hall–Kier alpha value is -2.20. The van der Waals surface area contributed by atoms with Crippen LogP contribution < -0.4 is 16.4 Å². The molecule has 0 bridgehead atoms. The molecule has 0 aliphatic heterocycles. The molecule has 0 aliphatic carbocycles. The van der Waals surface area contributed by atoms with Crippen molar-refractivity contribution in [3.05, 3.63) is 0 Å². The van der Waals surface area contributed by atoms with Gasteiger partial charge in [-0.2, -0.15) is 0 Å². The van der Waals surface area contributed by atoms with Crippen molar-refractivity contribution in [3.8, 4) is 0 Å². The fourth-order valence-corrected chi connectivity index (χ4v) is 1.92. The van der Waals surface area contributed by atoms with Gasteiger partial charge in [0.05, 0.1) is 18.6 Å². The Balaban J connectivity index is 4.97. The van der Waals surface area contributed by atoms with Crippen LogP contribution in [0.15, 0.2) is 0 Å². The van der Waals surface area contributed by atoms with Gasteiger partial charge in [0.1, 0.15) is 12.1 Å². The first-order valence-corrected chi connectivity index (χ1v) is 7.44. The number of carboxylic acids is 2. The molecule has 10 nitrogen and oxygen atoms in total. The fraction of sp³-hybridized carbons (Fsp3) is 0.714. The highest BCUT2D eigenvalue weighted by Crippen LogP contribution is 2.04. The van der Waals surface area contributed by atoms with Gasteiger partial charge in [0, 0.05) is 0 Å². The molecule has 10 heteroatoms. The maximum Gasteiger partial charge on any atom is 0.326 e. The molecule has 0 fully saturated rings. The summed E-state index contributed by atoms with van der Waals surface area (Å²) < 4.78 is 0. The van der Waals surface area contributed by atoms with Crippen molar-refractivity contribution in [3.63, 3.8) is 0 Å². The van der Waals surface area contributed by atoms with Crippen LogP contribution in [-0.4, -0.2) is 63.3 Å². The molecule has 24 heavy (non-hydrogen) atoms. The first kappa shape index (κ1) is 21.8. The summed E-state index contributed by atoms with van der Waals surface area (Å²) in [4.78, 5) is 45.6. The molecule has 4 atom stereocenters. The molecule has 0 radical (unpaired) electrons. The van der Waals surface area contributed by atoms with Crippen LogP contribution in [0, 0.1) is 5.92 Å². The maximum absolute atomic E-state index is 12.1. The summed E-state index contributed by atoms with van der Waals surface area (Å²) in [6.07, 6.45) is -1.81. The van der Waals surface area contributed by atoms with Crippen molar-refractivity contribution in [1.82, 2.24) is 10.6 Å². The monoisotopic (exact) mass is 347 g/mol. The van der Waals surface area contributed by atoms with E-state index in [1.807, 2.05) is 19.2 Å². The van der Waals surface area contributed by atoms with Gasteiger partial charge in [-0.3, -0.25) is 14.4 Å².